The molecule has 1 aliphatic carbocycles. The van der Waals surface area contributed by atoms with Crippen LogP contribution in [-0.4, -0.2) is 45.6 Å². The van der Waals surface area contributed by atoms with Gasteiger partial charge >= 0.3 is 0 Å². The molecule has 1 N–H and O–H groups in total. The van der Waals surface area contributed by atoms with Crippen molar-refractivity contribution in [3.8, 4) is 23.1 Å². The van der Waals surface area contributed by atoms with Gasteiger partial charge in [-0.3, -0.25) is 4.90 Å². The van der Waals surface area contributed by atoms with Gasteiger partial charge in [0, 0.05) is 19.1 Å². The zero-order valence-corrected chi connectivity index (χ0v) is 21.1. The van der Waals surface area contributed by atoms with Gasteiger partial charge in [0.25, 0.3) is 0 Å². The van der Waals surface area contributed by atoms with Crippen molar-refractivity contribution in [1.29, 1.82) is 0 Å². The summed E-state index contributed by atoms with van der Waals surface area (Å²) in [6.07, 6.45) is 5.34. The van der Waals surface area contributed by atoms with Crippen LogP contribution in [0.1, 0.15) is 56.7 Å². The Morgan fingerprint density at radius 2 is 1.83 bits per heavy atom. The molecule has 186 valence electrons. The minimum atomic E-state index is -0.383. The van der Waals surface area contributed by atoms with E-state index in [-0.39, 0.29) is 12.0 Å². The third kappa shape index (κ3) is 6.32. The van der Waals surface area contributed by atoms with Crippen molar-refractivity contribution >= 4 is 0 Å². The number of aromatic nitrogens is 2. The molecule has 6 nitrogen and oxygen atoms in total. The van der Waals surface area contributed by atoms with E-state index in [4.69, 9.17) is 14.6 Å². The highest BCUT2D eigenvalue weighted by Gasteiger charge is 2.33. The molecule has 0 saturated heterocycles. The molecule has 0 aliphatic heterocycles. The third-order valence-corrected chi connectivity index (χ3v) is 6.36. The number of nitrogens with zero attached hydrogens (tertiary/aromatic N) is 3. The van der Waals surface area contributed by atoms with E-state index in [2.05, 4.69) is 25.3 Å². The van der Waals surface area contributed by atoms with E-state index in [1.807, 2.05) is 65.4 Å². The van der Waals surface area contributed by atoms with Gasteiger partial charge in [-0.15, -0.1) is 6.58 Å². The first-order valence-electron chi connectivity index (χ1n) is 12.5. The van der Waals surface area contributed by atoms with Crippen molar-refractivity contribution in [2.45, 2.75) is 64.1 Å². The number of ether oxygens (including phenoxy) is 2. The van der Waals surface area contributed by atoms with Gasteiger partial charge in [0.05, 0.1) is 30.2 Å². The van der Waals surface area contributed by atoms with Gasteiger partial charge in [-0.1, -0.05) is 38.1 Å². The molecule has 1 saturated carbocycles. The summed E-state index contributed by atoms with van der Waals surface area (Å²) < 4.78 is 13.8. The SMILES string of the molecule is C=CCC[C@H](O)CN(Cc1c(C(C)C)nn(-c2ccc(OC)cc2)c1Oc1ccccc1)C1CC1. The van der Waals surface area contributed by atoms with Gasteiger partial charge in [0.2, 0.25) is 5.88 Å². The highest BCUT2D eigenvalue weighted by Crippen LogP contribution is 2.37. The van der Waals surface area contributed by atoms with Crippen LogP contribution in [0, 0.1) is 0 Å². The number of methoxy groups -OCH3 is 1. The minimum Gasteiger partial charge on any atom is -0.497 e. The van der Waals surface area contributed by atoms with Crippen LogP contribution >= 0.6 is 0 Å². The summed E-state index contributed by atoms with van der Waals surface area (Å²) in [5, 5.41) is 15.7. The number of rotatable bonds is 13. The largest absolute Gasteiger partial charge is 0.497 e. The van der Waals surface area contributed by atoms with Crippen LogP contribution in [0.3, 0.4) is 0 Å². The summed E-state index contributed by atoms with van der Waals surface area (Å²) in [5.74, 6) is 2.50. The average Bonchev–Trinajstić information content (AvgIpc) is 3.66. The first kappa shape index (κ1) is 25.0. The molecule has 1 fully saturated rings. The predicted molar refractivity (Wildman–Crippen MR) is 140 cm³/mol. The lowest BCUT2D eigenvalue weighted by Crippen LogP contribution is -2.34. The molecule has 2 aromatic carbocycles. The summed E-state index contributed by atoms with van der Waals surface area (Å²) in [6.45, 7) is 9.43. The lowest BCUT2D eigenvalue weighted by Gasteiger charge is -2.25. The fourth-order valence-electron chi connectivity index (χ4n) is 4.32. The maximum atomic E-state index is 10.7. The molecule has 0 radical (unpaired) electrons. The Morgan fingerprint density at radius 3 is 2.43 bits per heavy atom. The summed E-state index contributed by atoms with van der Waals surface area (Å²) in [4.78, 5) is 2.40. The maximum absolute atomic E-state index is 10.7. The van der Waals surface area contributed by atoms with Crippen LogP contribution in [0.5, 0.6) is 17.4 Å². The average molecular weight is 476 g/mol. The lowest BCUT2D eigenvalue weighted by atomic mass is 10.0. The number of aliphatic hydroxyl groups is 1. The Labute approximate surface area is 208 Å². The van der Waals surface area contributed by atoms with E-state index in [1.54, 1.807) is 7.11 Å². The molecule has 3 aromatic rings. The topological polar surface area (TPSA) is 59.8 Å². The van der Waals surface area contributed by atoms with Gasteiger partial charge in [-0.2, -0.15) is 5.10 Å². The van der Waals surface area contributed by atoms with E-state index < -0.39 is 0 Å². The van der Waals surface area contributed by atoms with E-state index in [1.165, 1.54) is 0 Å². The zero-order valence-electron chi connectivity index (χ0n) is 21.1. The van der Waals surface area contributed by atoms with E-state index >= 15 is 0 Å². The fraction of sp³-hybridized carbons (Fsp3) is 0.414. The molecule has 6 heteroatoms. The van der Waals surface area contributed by atoms with Crippen LogP contribution in [-0.2, 0) is 6.54 Å². The number of hydrogen-bond donors (Lipinski definition) is 1. The second-order valence-electron chi connectivity index (χ2n) is 9.53. The van der Waals surface area contributed by atoms with Gasteiger partial charge in [0.15, 0.2) is 0 Å². The second-order valence-corrected chi connectivity index (χ2v) is 9.53. The molecule has 0 unspecified atom stereocenters. The van der Waals surface area contributed by atoms with Crippen molar-refractivity contribution in [3.05, 3.63) is 78.5 Å². The van der Waals surface area contributed by atoms with Gasteiger partial charge in [-0.25, -0.2) is 4.68 Å². The second kappa shape index (κ2) is 11.6. The van der Waals surface area contributed by atoms with Crippen LogP contribution in [0.25, 0.3) is 5.69 Å². The normalized spacial score (nSPS) is 14.3. The molecule has 1 aromatic heterocycles. The molecule has 35 heavy (non-hydrogen) atoms. The molecule has 1 aliphatic rings. The summed E-state index contributed by atoms with van der Waals surface area (Å²) in [5.41, 5.74) is 2.99. The Bertz CT molecular complexity index is 1090. The van der Waals surface area contributed by atoms with E-state index in [0.29, 0.717) is 19.1 Å². The lowest BCUT2D eigenvalue weighted by molar-refractivity contribution is 0.0974. The molecular formula is C29H37N3O3. The fourth-order valence-corrected chi connectivity index (χ4v) is 4.32. The van der Waals surface area contributed by atoms with Crippen molar-refractivity contribution in [1.82, 2.24) is 14.7 Å². The predicted octanol–water partition coefficient (Wildman–Crippen LogP) is 6.09. The van der Waals surface area contributed by atoms with E-state index in [9.17, 15) is 5.11 Å². The maximum Gasteiger partial charge on any atom is 0.227 e. The Hall–Kier alpha value is -3.09. The molecule has 1 atom stereocenters. The molecule has 1 heterocycles. The number of benzene rings is 2. The summed E-state index contributed by atoms with van der Waals surface area (Å²) >= 11 is 0. The summed E-state index contributed by atoms with van der Waals surface area (Å²) in [6, 6.07) is 18.2. The van der Waals surface area contributed by atoms with Crippen LogP contribution in [0.4, 0.5) is 0 Å². The highest BCUT2D eigenvalue weighted by molar-refractivity contribution is 5.46. The highest BCUT2D eigenvalue weighted by atomic mass is 16.5. The van der Waals surface area contributed by atoms with Crippen molar-refractivity contribution in [2.24, 2.45) is 0 Å². The van der Waals surface area contributed by atoms with Crippen molar-refractivity contribution in [2.75, 3.05) is 13.7 Å². The minimum absolute atomic E-state index is 0.217. The first-order valence-corrected chi connectivity index (χ1v) is 12.5. The number of allylic oxidation sites excluding steroid dienone is 1. The Kier molecular flexibility index (Phi) is 8.26. The number of hydrogen-bond acceptors (Lipinski definition) is 5. The van der Waals surface area contributed by atoms with Crippen molar-refractivity contribution < 1.29 is 14.6 Å². The molecule has 0 amide bonds. The third-order valence-electron chi connectivity index (χ3n) is 6.36. The quantitative estimate of drug-likeness (QED) is 0.303. The van der Waals surface area contributed by atoms with Gasteiger partial charge < -0.3 is 14.6 Å². The standard InChI is InChI=1S/C29H37N3O3/c1-5-6-10-24(33)19-31(22-13-14-22)20-27-28(21(2)3)30-32(23-15-17-25(34-4)18-16-23)29(27)35-26-11-8-7-9-12-26/h5,7-9,11-12,15-18,21-22,24,33H,1,6,10,13-14,19-20H2,2-4H3/t24-/m0/s1. The molecular weight excluding hydrogens is 438 g/mol. The van der Waals surface area contributed by atoms with Crippen LogP contribution in [0.15, 0.2) is 67.3 Å². The van der Waals surface area contributed by atoms with Crippen molar-refractivity contribution in [3.63, 3.8) is 0 Å². The van der Waals surface area contributed by atoms with Gasteiger partial charge in [-0.05, 0) is 68.0 Å². The molecule has 0 spiro atoms. The monoisotopic (exact) mass is 475 g/mol. The first-order chi connectivity index (χ1) is 17.0. The van der Waals surface area contributed by atoms with Crippen LogP contribution in [0.2, 0.25) is 0 Å². The smallest absolute Gasteiger partial charge is 0.227 e. The van der Waals surface area contributed by atoms with E-state index in [0.717, 1.165) is 60.0 Å². The van der Waals surface area contributed by atoms with Gasteiger partial charge in [0.1, 0.15) is 11.5 Å². The Morgan fingerprint density at radius 1 is 1.11 bits per heavy atom. The molecule has 0 bridgehead atoms. The number of aliphatic hydroxyl groups excluding tert-OH is 1. The summed E-state index contributed by atoms with van der Waals surface area (Å²) in [7, 11) is 1.66. The zero-order chi connectivity index (χ0) is 24.8. The van der Waals surface area contributed by atoms with Crippen LogP contribution < -0.4 is 9.47 Å². The molecule has 4 rings (SSSR count). The Balaban J connectivity index is 1.74. The number of para-hydroxylation sites is 1.